The third kappa shape index (κ3) is 4.17. The molecule has 3 aliphatic heterocycles. The van der Waals surface area contributed by atoms with E-state index >= 15 is 4.39 Å². The lowest BCUT2D eigenvalue weighted by Gasteiger charge is -2.37. The molecule has 40 heavy (non-hydrogen) atoms. The summed E-state index contributed by atoms with van der Waals surface area (Å²) in [6, 6.07) is 12.0. The lowest BCUT2D eigenvalue weighted by Crippen LogP contribution is -2.52. The Morgan fingerprint density at radius 3 is 2.58 bits per heavy atom. The summed E-state index contributed by atoms with van der Waals surface area (Å²) in [5.74, 6) is -0.491. The number of halogens is 2. The minimum atomic E-state index is -0.908. The van der Waals surface area contributed by atoms with Gasteiger partial charge in [0.2, 0.25) is 0 Å². The van der Waals surface area contributed by atoms with Gasteiger partial charge in [-0.3, -0.25) is 4.90 Å². The minimum Gasteiger partial charge on any atom is -0.508 e. The number of piperazine rings is 1. The van der Waals surface area contributed by atoms with Gasteiger partial charge < -0.3 is 25.2 Å². The number of aromatic nitrogens is 2. The van der Waals surface area contributed by atoms with Gasteiger partial charge in [-0.05, 0) is 60.8 Å². The summed E-state index contributed by atoms with van der Waals surface area (Å²) in [7, 11) is 1.86. The lowest BCUT2D eigenvalue weighted by molar-refractivity contribution is 0.188. The van der Waals surface area contributed by atoms with Gasteiger partial charge in [-0.15, -0.1) is 0 Å². The second-order valence-corrected chi connectivity index (χ2v) is 11.2. The Bertz CT molecular complexity index is 1600. The maximum absolute atomic E-state index is 16.0. The molecule has 10 heteroatoms. The van der Waals surface area contributed by atoms with Crippen LogP contribution in [0.5, 0.6) is 17.5 Å². The Balaban J connectivity index is 1.40. The molecule has 3 aliphatic rings. The zero-order valence-corrected chi connectivity index (χ0v) is 22.1. The molecule has 3 saturated heterocycles. The highest BCUT2D eigenvalue weighted by molar-refractivity contribution is 6.04. The number of phenolic OH excluding ortho intramolecular Hbond substituents is 2. The van der Waals surface area contributed by atoms with E-state index in [-0.39, 0.29) is 53.3 Å². The van der Waals surface area contributed by atoms with Crippen LogP contribution in [0.4, 0.5) is 14.6 Å². The summed E-state index contributed by atoms with van der Waals surface area (Å²) in [4.78, 5) is 13.4. The summed E-state index contributed by atoms with van der Waals surface area (Å²) in [6.45, 7) is 2.11. The zero-order chi connectivity index (χ0) is 27.5. The number of rotatable bonds is 5. The van der Waals surface area contributed by atoms with Gasteiger partial charge in [-0.1, -0.05) is 24.3 Å². The quantitative estimate of drug-likeness (QED) is 0.340. The van der Waals surface area contributed by atoms with E-state index in [4.69, 9.17) is 9.72 Å². The van der Waals surface area contributed by atoms with Gasteiger partial charge in [0.05, 0.1) is 5.56 Å². The van der Waals surface area contributed by atoms with Crippen LogP contribution >= 0.6 is 0 Å². The molecule has 7 rings (SSSR count). The molecule has 0 radical (unpaired) electrons. The van der Waals surface area contributed by atoms with Crippen LogP contribution in [0.2, 0.25) is 0 Å². The van der Waals surface area contributed by atoms with Crippen molar-refractivity contribution in [2.75, 3.05) is 38.2 Å². The standard InChI is InChI=1S/C30H31F2N5O3/c1-36-14-17(31)9-20(36)15-40-30-34-27-24(29(35-30)37-18-6-7-19(37)13-33-12-18)11-25(32)26(28(27)39)23-10-21(38)8-16-4-2-3-5-22(16)23/h2-5,8,10-11,17-20,33,38-39H,6-7,9,12-15H2,1H3/t17-,18?,19?,20+/m1/s1. The molecule has 3 aromatic carbocycles. The molecule has 4 aromatic rings. The summed E-state index contributed by atoms with van der Waals surface area (Å²) in [6.07, 6.45) is 1.41. The average molecular weight is 548 g/mol. The highest BCUT2D eigenvalue weighted by atomic mass is 19.1. The number of hydrogen-bond donors (Lipinski definition) is 3. The minimum absolute atomic E-state index is 0.0377. The van der Waals surface area contributed by atoms with Crippen molar-refractivity contribution in [2.24, 2.45) is 0 Å². The van der Waals surface area contributed by atoms with Crippen LogP contribution in [0.1, 0.15) is 19.3 Å². The second kappa shape index (κ2) is 9.71. The van der Waals surface area contributed by atoms with Crippen molar-refractivity contribution >= 4 is 27.5 Å². The SMILES string of the molecule is CN1C[C@H](F)C[C@H]1COc1nc(N2C3CCC2CNC3)c2cc(F)c(-c3cc(O)cc4ccccc34)c(O)c2n1. The fourth-order valence-corrected chi connectivity index (χ4v) is 6.70. The van der Waals surface area contributed by atoms with Crippen LogP contribution in [-0.2, 0) is 0 Å². The molecular weight excluding hydrogens is 516 g/mol. The highest BCUT2D eigenvalue weighted by Crippen LogP contribution is 2.45. The molecule has 208 valence electrons. The second-order valence-electron chi connectivity index (χ2n) is 11.2. The van der Waals surface area contributed by atoms with E-state index in [1.165, 1.54) is 12.1 Å². The number of ether oxygens (including phenoxy) is 1. The van der Waals surface area contributed by atoms with Crippen LogP contribution in [-0.4, -0.2) is 82.7 Å². The molecule has 4 atom stereocenters. The number of aromatic hydroxyl groups is 2. The fourth-order valence-electron chi connectivity index (χ4n) is 6.70. The number of phenols is 2. The normalized spacial score (nSPS) is 24.8. The highest BCUT2D eigenvalue weighted by Gasteiger charge is 2.39. The third-order valence-electron chi connectivity index (χ3n) is 8.66. The van der Waals surface area contributed by atoms with Gasteiger partial charge in [0.15, 0.2) is 5.75 Å². The number of likely N-dealkylation sites (N-methyl/N-ethyl adjacent to an activating group) is 1. The smallest absolute Gasteiger partial charge is 0.319 e. The Morgan fingerprint density at radius 2 is 1.82 bits per heavy atom. The maximum Gasteiger partial charge on any atom is 0.319 e. The monoisotopic (exact) mass is 547 g/mol. The van der Waals surface area contributed by atoms with E-state index in [1.807, 2.05) is 36.2 Å². The number of hydrogen-bond acceptors (Lipinski definition) is 8. The van der Waals surface area contributed by atoms with Crippen molar-refractivity contribution in [3.63, 3.8) is 0 Å². The molecule has 8 nitrogen and oxygen atoms in total. The van der Waals surface area contributed by atoms with Crippen LogP contribution in [0.25, 0.3) is 32.8 Å². The van der Waals surface area contributed by atoms with Gasteiger partial charge in [-0.2, -0.15) is 9.97 Å². The lowest BCUT2D eigenvalue weighted by atomic mass is 9.95. The van der Waals surface area contributed by atoms with E-state index in [2.05, 4.69) is 15.2 Å². The molecule has 3 N–H and O–H groups in total. The summed E-state index contributed by atoms with van der Waals surface area (Å²) < 4.78 is 36.0. The van der Waals surface area contributed by atoms with E-state index in [0.717, 1.165) is 25.9 Å². The summed E-state index contributed by atoms with van der Waals surface area (Å²) >= 11 is 0. The van der Waals surface area contributed by atoms with E-state index in [9.17, 15) is 14.6 Å². The molecule has 0 spiro atoms. The van der Waals surface area contributed by atoms with Crippen LogP contribution in [0, 0.1) is 5.82 Å². The van der Waals surface area contributed by atoms with Gasteiger partial charge in [0, 0.05) is 43.1 Å². The maximum atomic E-state index is 16.0. The Labute approximate surface area is 230 Å². The van der Waals surface area contributed by atoms with Crippen LogP contribution < -0.4 is 15.0 Å². The first-order valence-corrected chi connectivity index (χ1v) is 13.8. The van der Waals surface area contributed by atoms with Gasteiger partial charge >= 0.3 is 6.01 Å². The van der Waals surface area contributed by atoms with Crippen molar-refractivity contribution in [1.82, 2.24) is 20.2 Å². The molecule has 0 amide bonds. The average Bonchev–Trinajstić information content (AvgIpc) is 3.38. The summed E-state index contributed by atoms with van der Waals surface area (Å²) in [5, 5.41) is 27.3. The molecular formula is C30H31F2N5O3. The predicted octanol–water partition coefficient (Wildman–Crippen LogP) is 4.36. The van der Waals surface area contributed by atoms with E-state index in [1.54, 1.807) is 6.07 Å². The van der Waals surface area contributed by atoms with Crippen molar-refractivity contribution in [3.05, 3.63) is 48.3 Å². The van der Waals surface area contributed by atoms with Crippen LogP contribution in [0.3, 0.4) is 0 Å². The first kappa shape index (κ1) is 25.2. The largest absolute Gasteiger partial charge is 0.508 e. The Morgan fingerprint density at radius 1 is 1.05 bits per heavy atom. The zero-order valence-electron chi connectivity index (χ0n) is 22.1. The molecule has 1 aromatic heterocycles. The van der Waals surface area contributed by atoms with Crippen molar-refractivity contribution < 1.29 is 23.7 Å². The number of nitrogens with one attached hydrogen (secondary N) is 1. The number of alkyl halides is 1. The molecule has 4 heterocycles. The number of likely N-dealkylation sites (tertiary alicyclic amines) is 1. The number of nitrogens with zero attached hydrogens (tertiary/aromatic N) is 4. The third-order valence-corrected chi connectivity index (χ3v) is 8.66. The summed E-state index contributed by atoms with van der Waals surface area (Å²) in [5.41, 5.74) is 0.484. The van der Waals surface area contributed by atoms with Crippen molar-refractivity contribution in [2.45, 2.75) is 43.6 Å². The van der Waals surface area contributed by atoms with Gasteiger partial charge in [-0.25, -0.2) is 8.78 Å². The van der Waals surface area contributed by atoms with Gasteiger partial charge in [0.1, 0.15) is 35.7 Å². The fraction of sp³-hybridized carbons (Fsp3) is 0.400. The number of benzene rings is 3. The van der Waals surface area contributed by atoms with E-state index in [0.29, 0.717) is 40.5 Å². The van der Waals surface area contributed by atoms with Crippen LogP contribution in [0.15, 0.2) is 42.5 Å². The molecule has 2 unspecified atom stereocenters. The molecule has 0 saturated carbocycles. The topological polar surface area (TPSA) is 94.0 Å². The molecule has 3 fully saturated rings. The van der Waals surface area contributed by atoms with E-state index < -0.39 is 12.0 Å². The molecule has 0 aliphatic carbocycles. The van der Waals surface area contributed by atoms with Gasteiger partial charge in [0.25, 0.3) is 0 Å². The van der Waals surface area contributed by atoms with Crippen molar-refractivity contribution in [1.29, 1.82) is 0 Å². The predicted molar refractivity (Wildman–Crippen MR) is 149 cm³/mol. The first-order valence-electron chi connectivity index (χ1n) is 13.8. The first-order chi connectivity index (χ1) is 19.4. The number of anilines is 1. The Hall–Kier alpha value is -3.76. The Kier molecular flexibility index (Phi) is 6.12. The molecule has 2 bridgehead atoms. The number of fused-ring (bicyclic) bond motifs is 4. The van der Waals surface area contributed by atoms with Crippen molar-refractivity contribution in [3.8, 4) is 28.6 Å².